The number of amides is 2. The second-order valence-corrected chi connectivity index (χ2v) is 7.28. The lowest BCUT2D eigenvalue weighted by Crippen LogP contribution is -2.30. The van der Waals surface area contributed by atoms with Gasteiger partial charge in [-0.15, -0.1) is 11.3 Å². The number of fused-ring (bicyclic) bond motifs is 1. The van der Waals surface area contributed by atoms with E-state index in [1.54, 1.807) is 6.92 Å². The van der Waals surface area contributed by atoms with Crippen LogP contribution in [-0.4, -0.2) is 17.9 Å². The second-order valence-electron chi connectivity index (χ2n) is 6.17. The molecular formula is C19H22N2O3S. The smallest absolute Gasteiger partial charge is 0.265 e. The van der Waals surface area contributed by atoms with Crippen LogP contribution in [0.25, 0.3) is 0 Å². The molecule has 2 amide bonds. The van der Waals surface area contributed by atoms with Gasteiger partial charge in [-0.25, -0.2) is 0 Å². The number of benzene rings is 1. The second kappa shape index (κ2) is 7.27. The third-order valence-corrected chi connectivity index (χ3v) is 5.63. The number of nitrogens with one attached hydrogen (secondary N) is 1. The molecule has 1 aromatic carbocycles. The Bertz CT molecular complexity index is 796. The van der Waals surface area contributed by atoms with Crippen molar-refractivity contribution in [2.24, 2.45) is 5.73 Å². The van der Waals surface area contributed by atoms with Crippen molar-refractivity contribution in [3.63, 3.8) is 0 Å². The van der Waals surface area contributed by atoms with Crippen molar-refractivity contribution in [2.75, 3.05) is 5.32 Å². The fourth-order valence-electron chi connectivity index (χ4n) is 3.03. The molecule has 25 heavy (non-hydrogen) atoms. The molecule has 0 saturated carbocycles. The van der Waals surface area contributed by atoms with Crippen molar-refractivity contribution in [3.05, 3.63) is 45.8 Å². The fourth-order valence-corrected chi connectivity index (χ4v) is 4.33. The van der Waals surface area contributed by atoms with Crippen LogP contribution in [0.1, 0.15) is 46.6 Å². The number of ether oxygens (including phenoxy) is 1. The highest BCUT2D eigenvalue weighted by Gasteiger charge is 2.27. The average Bonchev–Trinajstić information content (AvgIpc) is 3.15. The van der Waals surface area contributed by atoms with E-state index >= 15 is 0 Å². The van der Waals surface area contributed by atoms with E-state index in [0.717, 1.165) is 36.1 Å². The zero-order chi connectivity index (χ0) is 18.0. The third kappa shape index (κ3) is 3.69. The molecule has 1 heterocycles. The summed E-state index contributed by atoms with van der Waals surface area (Å²) in [4.78, 5) is 25.4. The van der Waals surface area contributed by atoms with Gasteiger partial charge in [-0.2, -0.15) is 0 Å². The predicted octanol–water partition coefficient (Wildman–Crippen LogP) is 3.30. The van der Waals surface area contributed by atoms with Crippen LogP contribution in [0.4, 0.5) is 5.00 Å². The Hall–Kier alpha value is -2.34. The highest BCUT2D eigenvalue weighted by Crippen LogP contribution is 2.38. The first-order valence-corrected chi connectivity index (χ1v) is 9.32. The van der Waals surface area contributed by atoms with Gasteiger partial charge in [0.15, 0.2) is 6.10 Å². The van der Waals surface area contributed by atoms with Crippen molar-refractivity contribution in [1.29, 1.82) is 0 Å². The number of thiophene rings is 1. The van der Waals surface area contributed by atoms with Gasteiger partial charge in [-0.3, -0.25) is 9.59 Å². The lowest BCUT2D eigenvalue weighted by Gasteiger charge is -2.15. The summed E-state index contributed by atoms with van der Waals surface area (Å²) < 4.78 is 5.70. The summed E-state index contributed by atoms with van der Waals surface area (Å²) in [6, 6.07) is 7.68. The molecule has 6 heteroatoms. The fraction of sp³-hybridized carbons (Fsp3) is 0.368. The summed E-state index contributed by atoms with van der Waals surface area (Å²) in [6.07, 6.45) is 3.09. The summed E-state index contributed by atoms with van der Waals surface area (Å²) in [5, 5.41) is 3.36. The van der Waals surface area contributed by atoms with Crippen molar-refractivity contribution >= 4 is 28.2 Å². The number of carbonyl (C=O) groups is 2. The van der Waals surface area contributed by atoms with E-state index in [-0.39, 0.29) is 5.91 Å². The molecule has 3 rings (SSSR count). The van der Waals surface area contributed by atoms with E-state index in [4.69, 9.17) is 10.5 Å². The molecule has 0 radical (unpaired) electrons. The summed E-state index contributed by atoms with van der Waals surface area (Å²) in [7, 11) is 0. The maximum absolute atomic E-state index is 12.5. The van der Waals surface area contributed by atoms with Crippen molar-refractivity contribution in [1.82, 2.24) is 0 Å². The zero-order valence-corrected chi connectivity index (χ0v) is 15.2. The molecule has 0 spiro atoms. The van der Waals surface area contributed by atoms with Crippen LogP contribution >= 0.6 is 11.3 Å². The van der Waals surface area contributed by atoms with E-state index in [1.165, 1.54) is 16.9 Å². The Morgan fingerprint density at radius 1 is 1.28 bits per heavy atom. The van der Waals surface area contributed by atoms with Crippen molar-refractivity contribution in [2.45, 2.75) is 45.6 Å². The Morgan fingerprint density at radius 3 is 2.64 bits per heavy atom. The Labute approximate surface area is 151 Å². The molecule has 1 atom stereocenters. The van der Waals surface area contributed by atoms with Gasteiger partial charge >= 0.3 is 0 Å². The van der Waals surface area contributed by atoms with E-state index in [0.29, 0.717) is 16.3 Å². The van der Waals surface area contributed by atoms with Crippen LogP contribution < -0.4 is 15.8 Å². The lowest BCUT2D eigenvalue weighted by atomic mass is 10.1. The molecule has 2 aromatic rings. The molecule has 0 fully saturated rings. The van der Waals surface area contributed by atoms with Gasteiger partial charge in [0.2, 0.25) is 0 Å². The standard InChI is InChI=1S/C19H22N2O3S/c1-3-12-7-9-13(10-8-12)24-11(2)18(23)21-19-16(17(20)22)14-5-4-6-15(14)25-19/h7-11H,3-6H2,1-2H3,(H2,20,22)(H,21,23). The predicted molar refractivity (Wildman–Crippen MR) is 99.4 cm³/mol. The maximum Gasteiger partial charge on any atom is 0.265 e. The van der Waals surface area contributed by atoms with Crippen molar-refractivity contribution < 1.29 is 14.3 Å². The Morgan fingerprint density at radius 2 is 2.00 bits per heavy atom. The molecule has 1 aromatic heterocycles. The largest absolute Gasteiger partial charge is 0.481 e. The maximum atomic E-state index is 12.5. The summed E-state index contributed by atoms with van der Waals surface area (Å²) in [6.45, 7) is 3.77. The molecule has 3 N–H and O–H groups in total. The van der Waals surface area contributed by atoms with Gasteiger partial charge in [-0.05, 0) is 55.9 Å². The minimum Gasteiger partial charge on any atom is -0.481 e. The van der Waals surface area contributed by atoms with E-state index in [9.17, 15) is 9.59 Å². The highest BCUT2D eigenvalue weighted by atomic mass is 32.1. The highest BCUT2D eigenvalue weighted by molar-refractivity contribution is 7.17. The topological polar surface area (TPSA) is 81.4 Å². The van der Waals surface area contributed by atoms with E-state index < -0.39 is 12.0 Å². The van der Waals surface area contributed by atoms with Crippen LogP contribution in [-0.2, 0) is 24.1 Å². The molecule has 1 aliphatic rings. The number of anilines is 1. The van der Waals surface area contributed by atoms with Crippen LogP contribution in [0, 0.1) is 0 Å². The molecule has 0 bridgehead atoms. The van der Waals surface area contributed by atoms with Gasteiger partial charge < -0.3 is 15.8 Å². The number of aryl methyl sites for hydroxylation is 2. The number of rotatable bonds is 6. The normalized spacial score (nSPS) is 14.0. The molecule has 0 saturated heterocycles. The van der Waals surface area contributed by atoms with Gasteiger partial charge in [0, 0.05) is 4.88 Å². The minimum atomic E-state index is -0.676. The number of carbonyl (C=O) groups excluding carboxylic acids is 2. The average molecular weight is 358 g/mol. The van der Waals surface area contributed by atoms with Crippen molar-refractivity contribution in [3.8, 4) is 5.75 Å². The SMILES string of the molecule is CCc1ccc(OC(C)C(=O)Nc2sc3c(c2C(N)=O)CCC3)cc1. The first-order valence-electron chi connectivity index (χ1n) is 8.50. The zero-order valence-electron chi connectivity index (χ0n) is 14.4. The van der Waals surface area contributed by atoms with Gasteiger partial charge in [-0.1, -0.05) is 19.1 Å². The first kappa shape index (κ1) is 17.5. The van der Waals surface area contributed by atoms with Gasteiger partial charge in [0.05, 0.1) is 5.56 Å². The lowest BCUT2D eigenvalue weighted by molar-refractivity contribution is -0.122. The van der Waals surface area contributed by atoms with Crippen LogP contribution in [0.15, 0.2) is 24.3 Å². The summed E-state index contributed by atoms with van der Waals surface area (Å²) in [5.41, 5.74) is 8.19. The van der Waals surface area contributed by atoms with Crippen LogP contribution in [0.5, 0.6) is 5.75 Å². The molecule has 0 aliphatic heterocycles. The van der Waals surface area contributed by atoms with Crippen LogP contribution in [0.3, 0.4) is 0 Å². The Balaban J connectivity index is 1.70. The molecule has 1 unspecified atom stereocenters. The summed E-state index contributed by atoms with van der Waals surface area (Å²) >= 11 is 1.45. The number of nitrogens with two attached hydrogens (primary N) is 1. The first-order chi connectivity index (χ1) is 12.0. The quantitative estimate of drug-likeness (QED) is 0.831. The molecule has 132 valence electrons. The monoisotopic (exact) mass is 358 g/mol. The molecule has 1 aliphatic carbocycles. The number of hydrogen-bond donors (Lipinski definition) is 2. The van der Waals surface area contributed by atoms with E-state index in [2.05, 4.69) is 12.2 Å². The van der Waals surface area contributed by atoms with Crippen LogP contribution in [0.2, 0.25) is 0 Å². The summed E-state index contributed by atoms with van der Waals surface area (Å²) in [5.74, 6) is -0.135. The van der Waals surface area contributed by atoms with Gasteiger partial charge in [0.1, 0.15) is 10.8 Å². The number of hydrogen-bond acceptors (Lipinski definition) is 4. The van der Waals surface area contributed by atoms with E-state index in [1.807, 2.05) is 24.3 Å². The number of primary amides is 1. The minimum absolute atomic E-state index is 0.290. The van der Waals surface area contributed by atoms with Gasteiger partial charge in [0.25, 0.3) is 11.8 Å². The third-order valence-electron chi connectivity index (χ3n) is 4.42. The Kier molecular flexibility index (Phi) is 5.08. The molecular weight excluding hydrogens is 336 g/mol. The molecule has 5 nitrogen and oxygen atoms in total.